The summed E-state index contributed by atoms with van der Waals surface area (Å²) in [4.78, 5) is 3.98. The van der Waals surface area contributed by atoms with Crippen LogP contribution < -0.4 is 5.73 Å². The lowest BCUT2D eigenvalue weighted by molar-refractivity contribution is 1.11. The normalized spacial score (nSPS) is 10.9. The second-order valence-electron chi connectivity index (χ2n) is 3.57. The minimum absolute atomic E-state index is 0.590. The van der Waals surface area contributed by atoms with E-state index in [4.69, 9.17) is 5.73 Å². The largest absolute Gasteiger partial charge is 0.396 e. The molecule has 3 rings (SSSR count). The highest BCUT2D eigenvalue weighted by Gasteiger charge is 2.10. The number of rotatable bonds is 1. The third kappa shape index (κ3) is 1.66. The molecule has 84 valence electrons. The molecule has 0 spiro atoms. The lowest BCUT2D eigenvalue weighted by atomic mass is 10.2. The van der Waals surface area contributed by atoms with Crippen molar-refractivity contribution in [2.24, 2.45) is 0 Å². The van der Waals surface area contributed by atoms with Crippen LogP contribution in [-0.4, -0.2) is 19.6 Å². The van der Waals surface area contributed by atoms with Crippen molar-refractivity contribution in [2.75, 3.05) is 5.73 Å². The number of nitrogens with two attached hydrogens (primary N) is 1. The van der Waals surface area contributed by atoms with Crippen molar-refractivity contribution < 1.29 is 0 Å². The smallest absolute Gasteiger partial charge is 0.184 e. The van der Waals surface area contributed by atoms with Gasteiger partial charge in [0.2, 0.25) is 0 Å². The molecule has 0 amide bonds. The highest BCUT2D eigenvalue weighted by atomic mass is 79.9. The summed E-state index contributed by atoms with van der Waals surface area (Å²) in [5, 5.41) is 8.23. The highest BCUT2D eigenvalue weighted by molar-refractivity contribution is 9.10. The Morgan fingerprint density at radius 3 is 2.71 bits per heavy atom. The molecule has 0 aliphatic rings. The molecule has 0 bridgehead atoms. The third-order valence-corrected chi connectivity index (χ3v) is 2.87. The summed E-state index contributed by atoms with van der Waals surface area (Å²) in [7, 11) is 0. The maximum absolute atomic E-state index is 5.88. The van der Waals surface area contributed by atoms with Crippen molar-refractivity contribution in [3.63, 3.8) is 0 Å². The average molecular weight is 290 g/mol. The first-order valence-electron chi connectivity index (χ1n) is 4.96. The third-order valence-electron chi connectivity index (χ3n) is 2.44. The van der Waals surface area contributed by atoms with Crippen molar-refractivity contribution >= 4 is 27.3 Å². The zero-order valence-electron chi connectivity index (χ0n) is 8.71. The van der Waals surface area contributed by atoms with Gasteiger partial charge in [0, 0.05) is 28.6 Å². The zero-order chi connectivity index (χ0) is 11.8. The number of hydrogen-bond donors (Lipinski definition) is 1. The fourth-order valence-electron chi connectivity index (χ4n) is 1.68. The average Bonchev–Trinajstić information content (AvgIpc) is 2.74. The molecule has 0 radical (unpaired) electrons. The Morgan fingerprint density at radius 1 is 1.18 bits per heavy atom. The number of nitrogens with zero attached hydrogens (tertiary/aromatic N) is 4. The van der Waals surface area contributed by atoms with Crippen LogP contribution in [0.4, 0.5) is 5.69 Å². The summed E-state index contributed by atoms with van der Waals surface area (Å²) in [6.07, 6.45) is 5.33. The summed E-state index contributed by atoms with van der Waals surface area (Å²) >= 11 is 3.41. The Morgan fingerprint density at radius 2 is 1.94 bits per heavy atom. The number of halogens is 1. The van der Waals surface area contributed by atoms with E-state index in [1.807, 2.05) is 22.7 Å². The molecule has 0 atom stereocenters. The lowest BCUT2D eigenvalue weighted by Crippen LogP contribution is -1.94. The summed E-state index contributed by atoms with van der Waals surface area (Å²) in [5.41, 5.74) is 8.07. The van der Waals surface area contributed by atoms with Crippen LogP contribution in [0.25, 0.3) is 17.0 Å². The van der Waals surface area contributed by atoms with Gasteiger partial charge in [-0.05, 0) is 34.1 Å². The van der Waals surface area contributed by atoms with Gasteiger partial charge in [0.25, 0.3) is 0 Å². The SMILES string of the molecule is Nc1cc(Br)cn2c(-c3ccncc3)nnc12. The molecule has 3 aromatic heterocycles. The van der Waals surface area contributed by atoms with Crippen molar-refractivity contribution in [2.45, 2.75) is 0 Å². The Hall–Kier alpha value is -1.95. The molecular formula is C11H8BrN5. The number of anilines is 1. The second-order valence-corrected chi connectivity index (χ2v) is 4.48. The van der Waals surface area contributed by atoms with Gasteiger partial charge < -0.3 is 5.73 Å². The Kier molecular flexibility index (Phi) is 2.29. The molecule has 3 heterocycles. The van der Waals surface area contributed by atoms with E-state index in [-0.39, 0.29) is 0 Å². The van der Waals surface area contributed by atoms with E-state index in [0.29, 0.717) is 11.3 Å². The lowest BCUT2D eigenvalue weighted by Gasteiger charge is -2.02. The molecule has 3 aromatic rings. The fraction of sp³-hybridized carbons (Fsp3) is 0. The Labute approximate surface area is 105 Å². The number of hydrogen-bond acceptors (Lipinski definition) is 4. The predicted molar refractivity (Wildman–Crippen MR) is 68.3 cm³/mol. The van der Waals surface area contributed by atoms with E-state index in [9.17, 15) is 0 Å². The first-order valence-corrected chi connectivity index (χ1v) is 5.75. The Balaban J connectivity index is 2.32. The molecule has 2 N–H and O–H groups in total. The summed E-state index contributed by atoms with van der Waals surface area (Å²) < 4.78 is 2.74. The molecule has 0 aliphatic heterocycles. The molecule has 0 saturated carbocycles. The van der Waals surface area contributed by atoms with Crippen LogP contribution in [-0.2, 0) is 0 Å². The quantitative estimate of drug-likeness (QED) is 0.745. The van der Waals surface area contributed by atoms with Gasteiger partial charge in [-0.3, -0.25) is 9.38 Å². The van der Waals surface area contributed by atoms with Crippen LogP contribution in [0.3, 0.4) is 0 Å². The van der Waals surface area contributed by atoms with Crippen molar-refractivity contribution in [1.29, 1.82) is 0 Å². The van der Waals surface area contributed by atoms with Gasteiger partial charge in [0.15, 0.2) is 11.5 Å². The molecule has 0 unspecified atom stereocenters. The first-order chi connectivity index (χ1) is 8.25. The molecule has 0 aromatic carbocycles. The second kappa shape index (κ2) is 3.81. The van der Waals surface area contributed by atoms with Crippen molar-refractivity contribution in [3.05, 3.63) is 41.3 Å². The van der Waals surface area contributed by atoms with Crippen LogP contribution in [0.5, 0.6) is 0 Å². The Bertz CT molecular complexity index is 677. The molecule has 6 heteroatoms. The predicted octanol–water partition coefficient (Wildman–Crippen LogP) is 2.14. The van der Waals surface area contributed by atoms with Gasteiger partial charge >= 0.3 is 0 Å². The maximum atomic E-state index is 5.88. The van der Waals surface area contributed by atoms with E-state index in [2.05, 4.69) is 31.1 Å². The van der Waals surface area contributed by atoms with Crippen LogP contribution in [0.15, 0.2) is 41.3 Å². The van der Waals surface area contributed by atoms with Crippen molar-refractivity contribution in [3.8, 4) is 11.4 Å². The highest BCUT2D eigenvalue weighted by Crippen LogP contribution is 2.23. The topological polar surface area (TPSA) is 69.1 Å². The van der Waals surface area contributed by atoms with Crippen LogP contribution >= 0.6 is 15.9 Å². The van der Waals surface area contributed by atoms with E-state index in [1.54, 1.807) is 18.5 Å². The molecule has 0 saturated heterocycles. The monoisotopic (exact) mass is 289 g/mol. The molecule has 0 aliphatic carbocycles. The van der Waals surface area contributed by atoms with Gasteiger partial charge in [-0.2, -0.15) is 0 Å². The summed E-state index contributed by atoms with van der Waals surface area (Å²) in [6, 6.07) is 5.57. The van der Waals surface area contributed by atoms with Gasteiger partial charge in [-0.15, -0.1) is 10.2 Å². The fourth-order valence-corrected chi connectivity index (χ4v) is 2.13. The van der Waals surface area contributed by atoms with E-state index in [0.717, 1.165) is 15.9 Å². The van der Waals surface area contributed by atoms with E-state index in [1.165, 1.54) is 0 Å². The maximum Gasteiger partial charge on any atom is 0.184 e. The first kappa shape index (κ1) is 10.2. The van der Waals surface area contributed by atoms with Crippen molar-refractivity contribution in [1.82, 2.24) is 19.6 Å². The molecular weight excluding hydrogens is 282 g/mol. The van der Waals surface area contributed by atoms with Gasteiger partial charge in [-0.1, -0.05) is 0 Å². The molecule has 17 heavy (non-hydrogen) atoms. The molecule has 0 fully saturated rings. The number of pyridine rings is 2. The van der Waals surface area contributed by atoms with Gasteiger partial charge in [0.1, 0.15) is 0 Å². The van der Waals surface area contributed by atoms with Gasteiger partial charge in [-0.25, -0.2) is 0 Å². The standard InChI is InChI=1S/C11H8BrN5/c12-8-5-9(13)11-16-15-10(17(11)6-8)7-1-3-14-4-2-7/h1-6H,13H2. The zero-order valence-corrected chi connectivity index (χ0v) is 10.3. The van der Waals surface area contributed by atoms with Crippen LogP contribution in [0, 0.1) is 0 Å². The molecule has 5 nitrogen and oxygen atoms in total. The van der Waals surface area contributed by atoms with E-state index >= 15 is 0 Å². The number of fused-ring (bicyclic) bond motifs is 1. The van der Waals surface area contributed by atoms with Gasteiger partial charge in [0.05, 0.1) is 5.69 Å². The van der Waals surface area contributed by atoms with Crippen LogP contribution in [0.2, 0.25) is 0 Å². The minimum Gasteiger partial charge on any atom is -0.396 e. The minimum atomic E-state index is 0.590. The van der Waals surface area contributed by atoms with Crippen LogP contribution in [0.1, 0.15) is 0 Å². The van der Waals surface area contributed by atoms with E-state index < -0.39 is 0 Å². The summed E-state index contributed by atoms with van der Waals surface area (Å²) in [6.45, 7) is 0. The number of aromatic nitrogens is 4. The number of nitrogen functional groups attached to an aromatic ring is 1. The summed E-state index contributed by atoms with van der Waals surface area (Å²) in [5.74, 6) is 0.746.